The molecule has 1 saturated carbocycles. The summed E-state index contributed by atoms with van der Waals surface area (Å²) in [4.78, 5) is 27.6. The van der Waals surface area contributed by atoms with Gasteiger partial charge in [-0.15, -0.1) is 11.8 Å². The summed E-state index contributed by atoms with van der Waals surface area (Å²) in [5.74, 6) is 0.391. The Morgan fingerprint density at radius 2 is 1.82 bits per heavy atom. The highest BCUT2D eigenvalue weighted by atomic mass is 35.5. The standard InChI is InChI=1S/C28H28ClNO2S2/c29-23-11-4-5-12-25(23)34-26-24(31)17-28(30-27(26)32,22-13-14-33-18-22)21-10-6-9-20(16-21)15-19-7-2-1-3-8-19/h4-6,9-14,16,18-19,26H,1-3,7-8,15,17H2,(H,30,32). The van der Waals surface area contributed by atoms with Gasteiger partial charge in [-0.1, -0.05) is 80.1 Å². The second-order valence-corrected chi connectivity index (χ2v) is 11.7. The van der Waals surface area contributed by atoms with Crippen molar-refractivity contribution < 1.29 is 9.59 Å². The Kier molecular flexibility index (Phi) is 7.14. The van der Waals surface area contributed by atoms with Crippen LogP contribution in [0.1, 0.15) is 55.2 Å². The third-order valence-electron chi connectivity index (χ3n) is 7.07. The summed E-state index contributed by atoms with van der Waals surface area (Å²) < 4.78 is 0. The fourth-order valence-corrected chi connectivity index (χ4v) is 7.29. The molecule has 2 aromatic carbocycles. The van der Waals surface area contributed by atoms with Gasteiger partial charge in [0.25, 0.3) is 0 Å². The van der Waals surface area contributed by atoms with E-state index in [9.17, 15) is 9.59 Å². The number of carbonyl (C=O) groups is 2. The Morgan fingerprint density at radius 3 is 2.56 bits per heavy atom. The van der Waals surface area contributed by atoms with Crippen molar-refractivity contribution in [3.8, 4) is 0 Å². The van der Waals surface area contributed by atoms with Crippen LogP contribution in [-0.2, 0) is 21.5 Å². The molecule has 1 aromatic heterocycles. The zero-order chi connectivity index (χ0) is 23.5. The largest absolute Gasteiger partial charge is 0.341 e. The second kappa shape index (κ2) is 10.3. The predicted octanol–water partition coefficient (Wildman–Crippen LogP) is 7.02. The first kappa shape index (κ1) is 23.7. The zero-order valence-corrected chi connectivity index (χ0v) is 21.4. The topological polar surface area (TPSA) is 46.2 Å². The molecule has 0 radical (unpaired) electrons. The van der Waals surface area contributed by atoms with Crippen molar-refractivity contribution in [2.45, 2.75) is 60.6 Å². The van der Waals surface area contributed by atoms with Gasteiger partial charge in [0.2, 0.25) is 5.91 Å². The van der Waals surface area contributed by atoms with Gasteiger partial charge in [0.05, 0.1) is 10.6 Å². The van der Waals surface area contributed by atoms with Crippen LogP contribution in [0.2, 0.25) is 5.02 Å². The molecule has 1 amide bonds. The molecule has 1 aliphatic carbocycles. The van der Waals surface area contributed by atoms with Crippen molar-refractivity contribution in [1.82, 2.24) is 5.32 Å². The first-order chi connectivity index (χ1) is 16.5. The van der Waals surface area contributed by atoms with Crippen LogP contribution in [0.25, 0.3) is 0 Å². The maximum Gasteiger partial charge on any atom is 0.242 e. The molecule has 1 N–H and O–H groups in total. The Labute approximate surface area is 214 Å². The van der Waals surface area contributed by atoms with Gasteiger partial charge in [0.1, 0.15) is 5.25 Å². The summed E-state index contributed by atoms with van der Waals surface area (Å²) in [6.07, 6.45) is 7.84. The normalized spacial score (nSPS) is 23.6. The molecule has 2 aliphatic rings. The molecular formula is C28H28ClNO2S2. The minimum absolute atomic E-state index is 0.0717. The van der Waals surface area contributed by atoms with Crippen molar-refractivity contribution in [1.29, 1.82) is 0 Å². The molecule has 34 heavy (non-hydrogen) atoms. The third-order valence-corrected chi connectivity index (χ3v) is 9.52. The molecule has 2 heterocycles. The lowest BCUT2D eigenvalue weighted by molar-refractivity contribution is -0.132. The fourth-order valence-electron chi connectivity index (χ4n) is 5.32. The number of carbonyl (C=O) groups excluding carboxylic acids is 2. The average Bonchev–Trinajstić information content (AvgIpc) is 3.39. The number of rotatable bonds is 6. The lowest BCUT2D eigenvalue weighted by Gasteiger charge is -2.40. The van der Waals surface area contributed by atoms with Gasteiger partial charge in [0, 0.05) is 11.3 Å². The third kappa shape index (κ3) is 4.84. The van der Waals surface area contributed by atoms with Crippen LogP contribution in [0.5, 0.6) is 0 Å². The number of amides is 1. The molecule has 176 valence electrons. The zero-order valence-electron chi connectivity index (χ0n) is 19.0. The number of ketones is 1. The molecule has 2 atom stereocenters. The minimum atomic E-state index is -0.839. The van der Waals surface area contributed by atoms with E-state index in [0.29, 0.717) is 5.02 Å². The Hall–Kier alpha value is -2.08. The summed E-state index contributed by atoms with van der Waals surface area (Å²) >= 11 is 9.12. The summed E-state index contributed by atoms with van der Waals surface area (Å²) in [7, 11) is 0. The molecule has 6 heteroatoms. The highest BCUT2D eigenvalue weighted by Crippen LogP contribution is 2.42. The molecular weight excluding hydrogens is 482 g/mol. The van der Waals surface area contributed by atoms with Gasteiger partial charge >= 0.3 is 0 Å². The van der Waals surface area contributed by atoms with Gasteiger partial charge in [-0.05, 0) is 58.0 Å². The van der Waals surface area contributed by atoms with Crippen molar-refractivity contribution in [3.63, 3.8) is 0 Å². The molecule has 2 fully saturated rings. The Balaban J connectivity index is 1.45. The fraction of sp³-hybridized carbons (Fsp3) is 0.357. The van der Waals surface area contributed by atoms with Crippen molar-refractivity contribution >= 4 is 46.4 Å². The van der Waals surface area contributed by atoms with Crippen LogP contribution < -0.4 is 5.32 Å². The van der Waals surface area contributed by atoms with Gasteiger partial charge in [-0.3, -0.25) is 9.59 Å². The van der Waals surface area contributed by atoms with E-state index in [1.807, 2.05) is 35.0 Å². The Bertz CT molecular complexity index is 1150. The van der Waals surface area contributed by atoms with Crippen LogP contribution in [0.4, 0.5) is 0 Å². The quantitative estimate of drug-likeness (QED) is 0.363. The van der Waals surface area contributed by atoms with E-state index >= 15 is 0 Å². The maximum atomic E-state index is 13.5. The summed E-state index contributed by atoms with van der Waals surface area (Å²) in [6, 6.07) is 17.9. The van der Waals surface area contributed by atoms with Gasteiger partial charge < -0.3 is 5.32 Å². The van der Waals surface area contributed by atoms with Gasteiger partial charge in [0.15, 0.2) is 5.78 Å². The second-order valence-electron chi connectivity index (χ2n) is 9.39. The number of nitrogens with one attached hydrogen (secondary N) is 1. The average molecular weight is 510 g/mol. The van der Waals surface area contributed by atoms with Crippen molar-refractivity contribution in [3.05, 3.63) is 87.1 Å². The van der Waals surface area contributed by atoms with E-state index in [1.165, 1.54) is 49.4 Å². The van der Waals surface area contributed by atoms with Crippen LogP contribution >= 0.6 is 34.7 Å². The van der Waals surface area contributed by atoms with E-state index in [1.54, 1.807) is 17.4 Å². The van der Waals surface area contributed by atoms with Gasteiger partial charge in [-0.25, -0.2) is 0 Å². The number of thioether (sulfide) groups is 1. The van der Waals surface area contributed by atoms with E-state index in [-0.39, 0.29) is 18.1 Å². The monoisotopic (exact) mass is 509 g/mol. The van der Waals surface area contributed by atoms with E-state index in [4.69, 9.17) is 11.6 Å². The first-order valence-electron chi connectivity index (χ1n) is 11.9. The number of hydrogen-bond donors (Lipinski definition) is 1. The van der Waals surface area contributed by atoms with Crippen molar-refractivity contribution in [2.24, 2.45) is 5.92 Å². The summed E-state index contributed by atoms with van der Waals surface area (Å²) in [6.45, 7) is 0. The minimum Gasteiger partial charge on any atom is -0.341 e. The first-order valence-corrected chi connectivity index (χ1v) is 14.1. The molecule has 0 bridgehead atoms. The maximum absolute atomic E-state index is 13.5. The molecule has 2 unspecified atom stereocenters. The van der Waals surface area contributed by atoms with Crippen molar-refractivity contribution in [2.75, 3.05) is 0 Å². The van der Waals surface area contributed by atoms with Crippen LogP contribution in [0.3, 0.4) is 0 Å². The highest BCUT2D eigenvalue weighted by molar-refractivity contribution is 8.01. The highest BCUT2D eigenvalue weighted by Gasteiger charge is 2.47. The number of hydrogen-bond acceptors (Lipinski definition) is 4. The lowest BCUT2D eigenvalue weighted by Crippen LogP contribution is -2.58. The number of thiophene rings is 1. The van der Waals surface area contributed by atoms with E-state index < -0.39 is 10.8 Å². The predicted molar refractivity (Wildman–Crippen MR) is 141 cm³/mol. The number of piperidine rings is 1. The molecule has 1 aliphatic heterocycles. The SMILES string of the molecule is O=C1CC(c2ccsc2)(c2cccc(CC3CCCCC3)c2)NC(=O)C1Sc1ccccc1Cl. The molecule has 5 rings (SSSR count). The smallest absolute Gasteiger partial charge is 0.242 e. The number of Topliss-reactive ketones (excluding diaryl/α,β-unsaturated/α-hetero) is 1. The number of benzene rings is 2. The lowest BCUT2D eigenvalue weighted by atomic mass is 9.76. The Morgan fingerprint density at radius 1 is 1.00 bits per heavy atom. The molecule has 0 spiro atoms. The van der Waals surface area contributed by atoms with Gasteiger partial charge in [-0.2, -0.15) is 11.3 Å². The van der Waals surface area contributed by atoms with E-state index in [2.05, 4.69) is 29.6 Å². The molecule has 1 saturated heterocycles. The summed E-state index contributed by atoms with van der Waals surface area (Å²) in [5.41, 5.74) is 2.40. The van der Waals surface area contributed by atoms with Crippen LogP contribution in [0.15, 0.2) is 70.3 Å². The number of halogens is 1. The molecule has 3 nitrogen and oxygen atoms in total. The molecule has 3 aromatic rings. The van der Waals surface area contributed by atoms with Crippen LogP contribution in [0, 0.1) is 5.92 Å². The van der Waals surface area contributed by atoms with Crippen LogP contribution in [-0.4, -0.2) is 16.9 Å². The van der Waals surface area contributed by atoms with E-state index in [0.717, 1.165) is 28.4 Å². The summed E-state index contributed by atoms with van der Waals surface area (Å²) in [5, 5.41) is 7.08.